The predicted octanol–water partition coefficient (Wildman–Crippen LogP) is 2.96. The van der Waals surface area contributed by atoms with Crippen LogP contribution >= 0.6 is 23.1 Å². The summed E-state index contributed by atoms with van der Waals surface area (Å²) in [7, 11) is 0. The highest BCUT2D eigenvalue weighted by molar-refractivity contribution is 7.98. The van der Waals surface area contributed by atoms with E-state index >= 15 is 0 Å². The molecule has 1 atom stereocenters. The van der Waals surface area contributed by atoms with Crippen LogP contribution < -0.4 is 5.32 Å². The first-order valence-corrected chi connectivity index (χ1v) is 9.21. The summed E-state index contributed by atoms with van der Waals surface area (Å²) in [5.74, 6) is 0.367. The van der Waals surface area contributed by atoms with Crippen LogP contribution in [0.4, 0.5) is 0 Å². The Bertz CT molecular complexity index is 640. The maximum atomic E-state index is 12.2. The van der Waals surface area contributed by atoms with Gasteiger partial charge < -0.3 is 10.4 Å². The van der Waals surface area contributed by atoms with Gasteiger partial charge in [-0.2, -0.15) is 11.8 Å². The number of rotatable bonds is 6. The summed E-state index contributed by atoms with van der Waals surface area (Å²) < 4.78 is 0. The molecule has 1 unspecified atom stereocenters. The lowest BCUT2D eigenvalue weighted by Gasteiger charge is -2.22. The molecule has 0 spiro atoms. The van der Waals surface area contributed by atoms with Crippen molar-refractivity contribution in [1.29, 1.82) is 0 Å². The third kappa shape index (κ3) is 4.32. The highest BCUT2D eigenvalue weighted by Gasteiger charge is 2.21. The third-order valence-electron chi connectivity index (χ3n) is 3.19. The number of aliphatic hydroxyl groups is 1. The van der Waals surface area contributed by atoms with Crippen LogP contribution in [0.25, 0.3) is 10.6 Å². The molecule has 118 valence electrons. The Morgan fingerprint density at radius 3 is 2.82 bits per heavy atom. The minimum atomic E-state index is -0.909. The fourth-order valence-corrected chi connectivity index (χ4v) is 3.51. The van der Waals surface area contributed by atoms with Crippen LogP contribution in [0.15, 0.2) is 29.6 Å². The van der Waals surface area contributed by atoms with Crippen molar-refractivity contribution in [3.05, 3.63) is 40.9 Å². The summed E-state index contributed by atoms with van der Waals surface area (Å²) in [5, 5.41) is 14.9. The van der Waals surface area contributed by atoms with E-state index in [9.17, 15) is 9.90 Å². The summed E-state index contributed by atoms with van der Waals surface area (Å²) in [4.78, 5) is 17.8. The number of thiophene rings is 1. The number of nitrogens with zero attached hydrogens (tertiary/aromatic N) is 1. The SMILES string of the molecule is CSCC(C)(O)CNC(=O)c1ccc(-c2cccs2)nc1C. The number of pyridine rings is 1. The van der Waals surface area contributed by atoms with Crippen LogP contribution in [-0.2, 0) is 0 Å². The number of carbonyl (C=O) groups is 1. The topological polar surface area (TPSA) is 62.2 Å². The van der Waals surface area contributed by atoms with Gasteiger partial charge in [-0.3, -0.25) is 9.78 Å². The zero-order valence-corrected chi connectivity index (χ0v) is 14.6. The Morgan fingerprint density at radius 2 is 2.23 bits per heavy atom. The second-order valence-corrected chi connectivity index (χ2v) is 7.23. The zero-order chi connectivity index (χ0) is 16.2. The number of aromatic nitrogens is 1. The van der Waals surface area contributed by atoms with E-state index in [0.717, 1.165) is 10.6 Å². The van der Waals surface area contributed by atoms with Gasteiger partial charge in [-0.15, -0.1) is 11.3 Å². The lowest BCUT2D eigenvalue weighted by atomic mass is 10.1. The molecular formula is C16H20N2O2S2. The van der Waals surface area contributed by atoms with Crippen molar-refractivity contribution >= 4 is 29.0 Å². The normalized spacial score (nSPS) is 13.6. The highest BCUT2D eigenvalue weighted by Crippen LogP contribution is 2.23. The summed E-state index contributed by atoms with van der Waals surface area (Å²) in [5.41, 5.74) is 1.19. The van der Waals surface area contributed by atoms with E-state index < -0.39 is 5.60 Å². The molecule has 2 N–H and O–H groups in total. The number of thioether (sulfide) groups is 1. The van der Waals surface area contributed by atoms with E-state index in [-0.39, 0.29) is 12.5 Å². The monoisotopic (exact) mass is 336 g/mol. The standard InChI is InChI=1S/C16H20N2O2S2/c1-11-12(15(19)17-9-16(2,20)10-21-3)6-7-13(18-11)14-5-4-8-22-14/h4-8,20H,9-10H2,1-3H3,(H,17,19). The molecule has 0 saturated carbocycles. The largest absolute Gasteiger partial charge is 0.387 e. The van der Waals surface area contributed by atoms with E-state index in [1.165, 1.54) is 0 Å². The van der Waals surface area contributed by atoms with Crippen LogP contribution in [0, 0.1) is 6.92 Å². The summed E-state index contributed by atoms with van der Waals surface area (Å²) in [6.45, 7) is 3.76. The van der Waals surface area contributed by atoms with Gasteiger partial charge in [0.15, 0.2) is 0 Å². The average molecular weight is 336 g/mol. The fraction of sp³-hybridized carbons (Fsp3) is 0.375. The predicted molar refractivity (Wildman–Crippen MR) is 93.6 cm³/mol. The fourth-order valence-electron chi connectivity index (χ4n) is 2.09. The van der Waals surface area contributed by atoms with E-state index in [1.807, 2.05) is 36.8 Å². The Morgan fingerprint density at radius 1 is 1.45 bits per heavy atom. The minimum Gasteiger partial charge on any atom is -0.387 e. The van der Waals surface area contributed by atoms with Gasteiger partial charge in [0.2, 0.25) is 0 Å². The number of nitrogens with one attached hydrogen (secondary N) is 1. The van der Waals surface area contributed by atoms with Crippen molar-refractivity contribution in [2.24, 2.45) is 0 Å². The first kappa shape index (κ1) is 17.0. The lowest BCUT2D eigenvalue weighted by molar-refractivity contribution is 0.0724. The van der Waals surface area contributed by atoms with Gasteiger partial charge in [-0.1, -0.05) is 6.07 Å². The minimum absolute atomic E-state index is 0.205. The molecule has 2 aromatic heterocycles. The van der Waals surface area contributed by atoms with E-state index in [4.69, 9.17) is 0 Å². The van der Waals surface area contributed by atoms with Gasteiger partial charge in [0.1, 0.15) is 0 Å². The molecule has 4 nitrogen and oxygen atoms in total. The molecule has 0 fully saturated rings. The molecule has 6 heteroatoms. The van der Waals surface area contributed by atoms with Gasteiger partial charge in [-0.25, -0.2) is 0 Å². The number of hydrogen-bond donors (Lipinski definition) is 2. The molecule has 0 aliphatic carbocycles. The Hall–Kier alpha value is -1.37. The first-order valence-electron chi connectivity index (χ1n) is 6.94. The van der Waals surface area contributed by atoms with Crippen molar-refractivity contribution in [2.45, 2.75) is 19.4 Å². The molecule has 0 aromatic carbocycles. The van der Waals surface area contributed by atoms with Crippen molar-refractivity contribution in [3.63, 3.8) is 0 Å². The summed E-state index contributed by atoms with van der Waals surface area (Å²) in [6.07, 6.45) is 1.92. The molecule has 1 amide bonds. The average Bonchev–Trinajstić information content (AvgIpc) is 2.99. The first-order chi connectivity index (χ1) is 10.4. The molecule has 0 aliphatic heterocycles. The van der Waals surface area contributed by atoms with Crippen LogP contribution in [-0.4, -0.2) is 40.2 Å². The van der Waals surface area contributed by atoms with Crippen LogP contribution in [0.1, 0.15) is 23.0 Å². The Balaban J connectivity index is 2.07. The van der Waals surface area contributed by atoms with Gasteiger partial charge in [-0.05, 0) is 43.7 Å². The molecule has 0 aliphatic rings. The number of carbonyl (C=O) groups excluding carboxylic acids is 1. The van der Waals surface area contributed by atoms with Crippen molar-refractivity contribution < 1.29 is 9.90 Å². The van der Waals surface area contributed by atoms with Crippen LogP contribution in [0.3, 0.4) is 0 Å². The van der Waals surface area contributed by atoms with Gasteiger partial charge in [0, 0.05) is 12.3 Å². The molecule has 22 heavy (non-hydrogen) atoms. The second-order valence-electron chi connectivity index (χ2n) is 5.42. The van der Waals surface area contributed by atoms with E-state index in [1.54, 1.807) is 36.1 Å². The zero-order valence-electron chi connectivity index (χ0n) is 12.9. The lowest BCUT2D eigenvalue weighted by Crippen LogP contribution is -2.42. The van der Waals surface area contributed by atoms with Crippen molar-refractivity contribution in [2.75, 3.05) is 18.6 Å². The maximum absolute atomic E-state index is 12.2. The smallest absolute Gasteiger partial charge is 0.253 e. The van der Waals surface area contributed by atoms with Crippen molar-refractivity contribution in [1.82, 2.24) is 10.3 Å². The maximum Gasteiger partial charge on any atom is 0.253 e. The quantitative estimate of drug-likeness (QED) is 0.851. The molecule has 2 rings (SSSR count). The van der Waals surface area contributed by atoms with E-state index in [0.29, 0.717) is 17.0 Å². The van der Waals surface area contributed by atoms with Gasteiger partial charge in [0.05, 0.1) is 27.4 Å². The van der Waals surface area contributed by atoms with Crippen LogP contribution in [0.2, 0.25) is 0 Å². The molecule has 0 bridgehead atoms. The summed E-state index contributed by atoms with van der Waals surface area (Å²) in [6, 6.07) is 7.63. The van der Waals surface area contributed by atoms with Crippen molar-refractivity contribution in [3.8, 4) is 10.6 Å². The highest BCUT2D eigenvalue weighted by atomic mass is 32.2. The van der Waals surface area contributed by atoms with E-state index in [2.05, 4.69) is 10.3 Å². The molecule has 2 aromatic rings. The number of aryl methyl sites for hydroxylation is 1. The molecule has 2 heterocycles. The van der Waals surface area contributed by atoms with Gasteiger partial charge >= 0.3 is 0 Å². The molecule has 0 saturated heterocycles. The third-order valence-corrected chi connectivity index (χ3v) is 4.99. The number of amides is 1. The number of hydrogen-bond acceptors (Lipinski definition) is 5. The van der Waals surface area contributed by atoms with Gasteiger partial charge in [0.25, 0.3) is 5.91 Å². The molecular weight excluding hydrogens is 316 g/mol. The molecule has 0 radical (unpaired) electrons. The Labute approximate surface area is 139 Å². The Kier molecular flexibility index (Phi) is 5.61. The summed E-state index contributed by atoms with van der Waals surface area (Å²) >= 11 is 3.17. The van der Waals surface area contributed by atoms with Crippen LogP contribution in [0.5, 0.6) is 0 Å². The second kappa shape index (κ2) is 7.26.